The molecule has 0 fully saturated rings. The lowest BCUT2D eigenvalue weighted by Crippen LogP contribution is -2.14. The van der Waals surface area contributed by atoms with E-state index in [0.29, 0.717) is 27.9 Å². The van der Waals surface area contributed by atoms with E-state index in [1.54, 1.807) is 68.1 Å². The molecule has 8 heteroatoms. The summed E-state index contributed by atoms with van der Waals surface area (Å²) in [7, 11) is 3.11. The molecule has 0 aliphatic heterocycles. The molecule has 0 saturated heterocycles. The molecule has 7 nitrogen and oxygen atoms in total. The zero-order valence-corrected chi connectivity index (χ0v) is 15.5. The Morgan fingerprint density at radius 3 is 2.37 bits per heavy atom. The number of nitrogens with zero attached hydrogens (tertiary/aromatic N) is 1. The smallest absolute Gasteiger partial charge is 0.275 e. The van der Waals surface area contributed by atoms with E-state index in [4.69, 9.17) is 9.47 Å². The van der Waals surface area contributed by atoms with Gasteiger partial charge in [-0.15, -0.1) is 11.3 Å². The van der Waals surface area contributed by atoms with Crippen molar-refractivity contribution in [3.8, 4) is 11.5 Å². The highest BCUT2D eigenvalue weighted by Crippen LogP contribution is 2.20. The summed E-state index contributed by atoms with van der Waals surface area (Å²) in [4.78, 5) is 28.7. The second kappa shape index (κ2) is 8.33. The maximum Gasteiger partial charge on any atom is 0.275 e. The number of hydrogen-bond acceptors (Lipinski definition) is 6. The molecule has 138 valence electrons. The first-order chi connectivity index (χ1) is 13.1. The van der Waals surface area contributed by atoms with Gasteiger partial charge >= 0.3 is 0 Å². The van der Waals surface area contributed by atoms with Crippen LogP contribution in [-0.2, 0) is 0 Å². The van der Waals surface area contributed by atoms with Gasteiger partial charge in [0.1, 0.15) is 17.2 Å². The van der Waals surface area contributed by atoms with E-state index in [2.05, 4.69) is 15.6 Å². The summed E-state index contributed by atoms with van der Waals surface area (Å²) in [5, 5.41) is 7.35. The molecule has 3 aromatic rings. The topological polar surface area (TPSA) is 89.5 Å². The van der Waals surface area contributed by atoms with Gasteiger partial charge in [0, 0.05) is 22.7 Å². The van der Waals surface area contributed by atoms with Crippen LogP contribution in [0, 0.1) is 0 Å². The van der Waals surface area contributed by atoms with Gasteiger partial charge in [0.25, 0.3) is 11.8 Å². The van der Waals surface area contributed by atoms with Crippen LogP contribution in [0.25, 0.3) is 0 Å². The summed E-state index contributed by atoms with van der Waals surface area (Å²) in [6, 6.07) is 13.7. The van der Waals surface area contributed by atoms with Gasteiger partial charge in [-0.2, -0.15) is 0 Å². The zero-order valence-electron chi connectivity index (χ0n) is 14.7. The van der Waals surface area contributed by atoms with Gasteiger partial charge in [-0.05, 0) is 36.4 Å². The molecule has 0 bridgehead atoms. The molecule has 2 aromatic carbocycles. The second-order valence-corrected chi connectivity index (χ2v) is 6.26. The van der Waals surface area contributed by atoms with Gasteiger partial charge in [0.2, 0.25) is 0 Å². The Hall–Kier alpha value is -3.39. The number of methoxy groups -OCH3 is 2. The van der Waals surface area contributed by atoms with Crippen molar-refractivity contribution in [2.45, 2.75) is 0 Å². The molecule has 3 rings (SSSR count). The first-order valence-corrected chi connectivity index (χ1v) is 8.83. The maximum absolute atomic E-state index is 12.3. The quantitative estimate of drug-likeness (QED) is 0.678. The predicted molar refractivity (Wildman–Crippen MR) is 104 cm³/mol. The number of carbonyl (C=O) groups excluding carboxylic acids is 2. The highest BCUT2D eigenvalue weighted by Gasteiger charge is 2.14. The summed E-state index contributed by atoms with van der Waals surface area (Å²) in [5.41, 5.74) is 1.28. The predicted octanol–water partition coefficient (Wildman–Crippen LogP) is 3.66. The summed E-state index contributed by atoms with van der Waals surface area (Å²) in [6.45, 7) is 0. The van der Waals surface area contributed by atoms with Crippen LogP contribution in [0.5, 0.6) is 11.5 Å². The van der Waals surface area contributed by atoms with Crippen molar-refractivity contribution in [2.75, 3.05) is 24.9 Å². The average Bonchev–Trinajstić information content (AvgIpc) is 3.17. The Kier molecular flexibility index (Phi) is 5.68. The van der Waals surface area contributed by atoms with Crippen LogP contribution in [0.2, 0.25) is 0 Å². The molecule has 1 heterocycles. The van der Waals surface area contributed by atoms with E-state index in [0.717, 1.165) is 0 Å². The van der Waals surface area contributed by atoms with Gasteiger partial charge in [-0.1, -0.05) is 6.07 Å². The van der Waals surface area contributed by atoms with E-state index in [1.165, 1.54) is 11.3 Å². The van der Waals surface area contributed by atoms with Gasteiger partial charge < -0.3 is 14.8 Å². The average molecular weight is 383 g/mol. The monoisotopic (exact) mass is 383 g/mol. The fourth-order valence-corrected chi connectivity index (χ4v) is 2.93. The van der Waals surface area contributed by atoms with Gasteiger partial charge in [-0.25, -0.2) is 4.98 Å². The summed E-state index contributed by atoms with van der Waals surface area (Å²) >= 11 is 1.17. The summed E-state index contributed by atoms with van der Waals surface area (Å²) in [5.74, 6) is 0.618. The largest absolute Gasteiger partial charge is 0.497 e. The third-order valence-corrected chi connectivity index (χ3v) is 4.39. The highest BCUT2D eigenvalue weighted by atomic mass is 32.1. The number of amides is 2. The standard InChI is InChI=1S/C19H17N3O4S/c1-25-14-8-6-12(7-9-14)17(23)22-19-21-16(11-27-19)18(24)20-13-4-3-5-15(10-13)26-2/h3-11H,1-2H3,(H,20,24)(H,21,22,23). The lowest BCUT2D eigenvalue weighted by molar-refractivity contribution is 0.101. The molecule has 27 heavy (non-hydrogen) atoms. The Bertz CT molecular complexity index is 954. The normalized spacial score (nSPS) is 10.1. The lowest BCUT2D eigenvalue weighted by Gasteiger charge is -2.05. The first-order valence-electron chi connectivity index (χ1n) is 7.95. The van der Waals surface area contributed by atoms with Crippen LogP contribution in [-0.4, -0.2) is 31.0 Å². The number of aromatic nitrogens is 1. The molecule has 1 aromatic heterocycles. The van der Waals surface area contributed by atoms with Crippen molar-refractivity contribution in [3.63, 3.8) is 0 Å². The van der Waals surface area contributed by atoms with Crippen LogP contribution in [0.3, 0.4) is 0 Å². The van der Waals surface area contributed by atoms with Crippen LogP contribution in [0.15, 0.2) is 53.9 Å². The van der Waals surface area contributed by atoms with E-state index >= 15 is 0 Å². The highest BCUT2D eigenvalue weighted by molar-refractivity contribution is 7.14. The first kappa shape index (κ1) is 18.4. The molecule has 0 aliphatic rings. The number of carbonyl (C=O) groups is 2. The number of rotatable bonds is 6. The van der Waals surface area contributed by atoms with Crippen molar-refractivity contribution in [2.24, 2.45) is 0 Å². The van der Waals surface area contributed by atoms with E-state index in [-0.39, 0.29) is 17.5 Å². The fourth-order valence-electron chi connectivity index (χ4n) is 2.24. The number of anilines is 2. The molecule has 0 aliphatic carbocycles. The van der Waals surface area contributed by atoms with Crippen molar-refractivity contribution < 1.29 is 19.1 Å². The molecule has 0 unspecified atom stereocenters. The zero-order chi connectivity index (χ0) is 19.2. The van der Waals surface area contributed by atoms with Gasteiger partial charge in [0.05, 0.1) is 14.2 Å². The Labute approximate surface area is 160 Å². The van der Waals surface area contributed by atoms with Crippen LogP contribution in [0.1, 0.15) is 20.8 Å². The minimum Gasteiger partial charge on any atom is -0.497 e. The minimum absolute atomic E-state index is 0.216. The molecule has 0 radical (unpaired) electrons. The Balaban J connectivity index is 1.64. The molecule has 0 atom stereocenters. The van der Waals surface area contributed by atoms with Crippen molar-refractivity contribution in [1.82, 2.24) is 4.98 Å². The van der Waals surface area contributed by atoms with Crippen molar-refractivity contribution in [1.29, 1.82) is 0 Å². The van der Waals surface area contributed by atoms with Crippen LogP contribution < -0.4 is 20.1 Å². The third kappa shape index (κ3) is 4.62. The van der Waals surface area contributed by atoms with E-state index in [1.807, 2.05) is 0 Å². The number of nitrogens with one attached hydrogen (secondary N) is 2. The molecule has 2 amide bonds. The summed E-state index contributed by atoms with van der Waals surface area (Å²) in [6.07, 6.45) is 0. The number of hydrogen-bond donors (Lipinski definition) is 2. The Morgan fingerprint density at radius 2 is 1.67 bits per heavy atom. The van der Waals surface area contributed by atoms with E-state index < -0.39 is 0 Å². The molecular formula is C19H17N3O4S. The number of ether oxygens (including phenoxy) is 2. The van der Waals surface area contributed by atoms with Crippen molar-refractivity contribution >= 4 is 34.0 Å². The fraction of sp³-hybridized carbons (Fsp3) is 0.105. The number of benzene rings is 2. The van der Waals surface area contributed by atoms with Crippen LogP contribution in [0.4, 0.5) is 10.8 Å². The third-order valence-electron chi connectivity index (χ3n) is 3.64. The van der Waals surface area contributed by atoms with Crippen molar-refractivity contribution in [3.05, 3.63) is 65.2 Å². The van der Waals surface area contributed by atoms with Gasteiger partial charge in [0.15, 0.2) is 5.13 Å². The maximum atomic E-state index is 12.3. The minimum atomic E-state index is -0.371. The summed E-state index contributed by atoms with van der Waals surface area (Å²) < 4.78 is 10.2. The molecule has 2 N–H and O–H groups in total. The lowest BCUT2D eigenvalue weighted by atomic mass is 10.2. The molecule has 0 saturated carbocycles. The SMILES string of the molecule is COc1ccc(C(=O)Nc2nc(C(=O)Nc3cccc(OC)c3)cs2)cc1. The van der Waals surface area contributed by atoms with Gasteiger partial charge in [-0.3, -0.25) is 14.9 Å². The van der Waals surface area contributed by atoms with E-state index in [9.17, 15) is 9.59 Å². The van der Waals surface area contributed by atoms with Crippen LogP contribution >= 0.6 is 11.3 Å². The molecular weight excluding hydrogens is 366 g/mol. The Morgan fingerprint density at radius 1 is 0.926 bits per heavy atom. The molecule has 0 spiro atoms. The number of thiazole rings is 1. The second-order valence-electron chi connectivity index (χ2n) is 5.41.